The van der Waals surface area contributed by atoms with E-state index in [1.54, 1.807) is 0 Å². The second kappa shape index (κ2) is 4.15. The Bertz CT molecular complexity index is 301. The molecule has 0 aromatic rings. The summed E-state index contributed by atoms with van der Waals surface area (Å²) >= 11 is 0. The predicted molar refractivity (Wildman–Crippen MR) is 53.0 cm³/mol. The van der Waals surface area contributed by atoms with Gasteiger partial charge in [-0.15, -0.1) is 0 Å². The van der Waals surface area contributed by atoms with E-state index in [0.29, 0.717) is 0 Å². The van der Waals surface area contributed by atoms with E-state index in [4.69, 9.17) is 4.74 Å². The van der Waals surface area contributed by atoms with E-state index in [-0.39, 0.29) is 0 Å². The lowest BCUT2D eigenvalue weighted by atomic mass is 10.1. The van der Waals surface area contributed by atoms with E-state index in [1.807, 2.05) is 12.2 Å². The molecule has 0 bridgehead atoms. The molecule has 0 aliphatic heterocycles. The zero-order valence-electron chi connectivity index (χ0n) is 7.75. The average molecular weight is 174 g/mol. The Morgan fingerprint density at radius 3 is 3.00 bits per heavy atom. The van der Waals surface area contributed by atoms with Gasteiger partial charge in [0.1, 0.15) is 11.5 Å². The molecule has 1 nitrogen and oxygen atoms in total. The first-order valence-electron chi connectivity index (χ1n) is 4.93. The minimum absolute atomic E-state index is 0.883. The molecule has 0 spiro atoms. The van der Waals surface area contributed by atoms with Crippen molar-refractivity contribution in [1.29, 1.82) is 0 Å². The second-order valence-electron chi connectivity index (χ2n) is 3.38. The van der Waals surface area contributed by atoms with Gasteiger partial charge in [0.15, 0.2) is 0 Å². The summed E-state index contributed by atoms with van der Waals surface area (Å²) in [6.07, 6.45) is 13.9. The van der Waals surface area contributed by atoms with Crippen molar-refractivity contribution >= 4 is 0 Å². The first-order valence-corrected chi connectivity index (χ1v) is 4.93. The molecule has 0 radical (unpaired) electrons. The number of rotatable bonds is 2. The van der Waals surface area contributed by atoms with E-state index in [2.05, 4.69) is 17.9 Å². The standard InChI is InChI=1S/C12H14O/c1-3-7-11(8-4-1)13-12-9-5-2-6-10-12/h1,3-4,9H,2,5-7,10H2. The average Bonchev–Trinajstić information content (AvgIpc) is 2.21. The molecule has 0 saturated carbocycles. The van der Waals surface area contributed by atoms with Gasteiger partial charge in [-0.2, -0.15) is 0 Å². The lowest BCUT2D eigenvalue weighted by Gasteiger charge is -2.14. The van der Waals surface area contributed by atoms with Gasteiger partial charge in [0.2, 0.25) is 0 Å². The highest BCUT2D eigenvalue weighted by atomic mass is 16.5. The number of allylic oxidation sites excluding steroid dienone is 4. The van der Waals surface area contributed by atoms with Gasteiger partial charge < -0.3 is 4.74 Å². The van der Waals surface area contributed by atoms with Crippen LogP contribution in [0.5, 0.6) is 0 Å². The number of hydrogen-bond acceptors (Lipinski definition) is 1. The molecule has 0 aromatic carbocycles. The Morgan fingerprint density at radius 1 is 1.31 bits per heavy atom. The first-order chi connectivity index (χ1) is 6.45. The maximum atomic E-state index is 5.72. The Hall–Kier alpha value is -1.20. The molecule has 0 unspecified atom stereocenters. The van der Waals surface area contributed by atoms with E-state index in [9.17, 15) is 0 Å². The third kappa shape index (κ3) is 2.37. The van der Waals surface area contributed by atoms with Crippen LogP contribution >= 0.6 is 0 Å². The summed E-state index contributed by atoms with van der Waals surface area (Å²) in [6.45, 7) is 0. The topological polar surface area (TPSA) is 9.23 Å². The third-order valence-electron chi connectivity index (χ3n) is 2.28. The first kappa shape index (κ1) is 8.40. The maximum absolute atomic E-state index is 5.72. The van der Waals surface area contributed by atoms with Crippen LogP contribution in [0.2, 0.25) is 0 Å². The van der Waals surface area contributed by atoms with Crippen molar-refractivity contribution in [2.24, 2.45) is 0 Å². The molecule has 1 heteroatoms. The summed E-state index contributed by atoms with van der Waals surface area (Å²) in [7, 11) is 0. The fraction of sp³-hybridized carbons (Fsp3) is 0.417. The highest BCUT2D eigenvalue weighted by Crippen LogP contribution is 2.22. The third-order valence-corrected chi connectivity index (χ3v) is 2.28. The minimum Gasteiger partial charge on any atom is -0.458 e. The van der Waals surface area contributed by atoms with Gasteiger partial charge in [-0.1, -0.05) is 17.9 Å². The molecule has 0 saturated heterocycles. The summed E-state index contributed by atoms with van der Waals surface area (Å²) in [4.78, 5) is 0. The maximum Gasteiger partial charge on any atom is 0.149 e. The molecular formula is C12H14O. The van der Waals surface area contributed by atoms with Crippen LogP contribution in [0, 0.1) is 0 Å². The van der Waals surface area contributed by atoms with Gasteiger partial charge in [-0.3, -0.25) is 0 Å². The second-order valence-corrected chi connectivity index (χ2v) is 3.38. The van der Waals surface area contributed by atoms with Crippen molar-refractivity contribution in [1.82, 2.24) is 0 Å². The Labute approximate surface area is 79.1 Å². The summed E-state index contributed by atoms with van der Waals surface area (Å²) in [6, 6.07) is 0. The molecule has 0 fully saturated rings. The molecule has 2 rings (SSSR count). The molecule has 68 valence electrons. The monoisotopic (exact) mass is 174 g/mol. The Kier molecular flexibility index (Phi) is 2.68. The van der Waals surface area contributed by atoms with Crippen molar-refractivity contribution in [2.75, 3.05) is 0 Å². The van der Waals surface area contributed by atoms with E-state index < -0.39 is 0 Å². The normalized spacial score (nSPS) is 20.9. The van der Waals surface area contributed by atoms with Gasteiger partial charge in [0.05, 0.1) is 0 Å². The van der Waals surface area contributed by atoms with Crippen LogP contribution in [0.25, 0.3) is 0 Å². The van der Waals surface area contributed by atoms with Crippen LogP contribution in [-0.2, 0) is 4.74 Å². The zero-order chi connectivity index (χ0) is 8.93. The van der Waals surface area contributed by atoms with Gasteiger partial charge in [0.25, 0.3) is 0 Å². The molecular weight excluding hydrogens is 160 g/mol. The van der Waals surface area contributed by atoms with Gasteiger partial charge in [0, 0.05) is 12.8 Å². The van der Waals surface area contributed by atoms with Crippen molar-refractivity contribution in [3.05, 3.63) is 41.6 Å². The largest absolute Gasteiger partial charge is 0.458 e. The van der Waals surface area contributed by atoms with Gasteiger partial charge >= 0.3 is 0 Å². The smallest absolute Gasteiger partial charge is 0.149 e. The van der Waals surface area contributed by atoms with E-state index >= 15 is 0 Å². The Morgan fingerprint density at radius 2 is 2.31 bits per heavy atom. The van der Waals surface area contributed by atoms with Crippen LogP contribution < -0.4 is 0 Å². The quantitative estimate of drug-likeness (QED) is 0.582. The van der Waals surface area contributed by atoms with Crippen molar-refractivity contribution < 1.29 is 4.74 Å². The van der Waals surface area contributed by atoms with Crippen molar-refractivity contribution in [3.63, 3.8) is 0 Å². The molecule has 0 heterocycles. The van der Waals surface area contributed by atoms with Crippen LogP contribution in [0.4, 0.5) is 0 Å². The van der Waals surface area contributed by atoms with Crippen molar-refractivity contribution in [2.45, 2.75) is 32.1 Å². The molecule has 13 heavy (non-hydrogen) atoms. The highest BCUT2D eigenvalue weighted by molar-refractivity contribution is 5.16. The lowest BCUT2D eigenvalue weighted by Crippen LogP contribution is -1.97. The van der Waals surface area contributed by atoms with Crippen LogP contribution in [0.3, 0.4) is 0 Å². The summed E-state index contributed by atoms with van der Waals surface area (Å²) < 4.78 is 5.72. The van der Waals surface area contributed by atoms with Crippen LogP contribution in [0.15, 0.2) is 41.6 Å². The molecule has 0 atom stereocenters. The summed E-state index contributed by atoms with van der Waals surface area (Å²) in [5.74, 6) is 2.09. The highest BCUT2D eigenvalue weighted by Gasteiger charge is 2.06. The number of hydrogen-bond donors (Lipinski definition) is 0. The van der Waals surface area contributed by atoms with E-state index in [0.717, 1.165) is 24.4 Å². The molecule has 2 aliphatic rings. The summed E-state index contributed by atoms with van der Waals surface area (Å²) in [5, 5.41) is 0. The lowest BCUT2D eigenvalue weighted by molar-refractivity contribution is 0.274. The minimum atomic E-state index is 0.883. The van der Waals surface area contributed by atoms with Crippen molar-refractivity contribution in [3.8, 4) is 0 Å². The molecule has 0 N–H and O–H groups in total. The van der Waals surface area contributed by atoms with E-state index in [1.165, 1.54) is 19.3 Å². The van der Waals surface area contributed by atoms with Gasteiger partial charge in [-0.05, 0) is 31.4 Å². The fourth-order valence-electron chi connectivity index (χ4n) is 1.57. The molecule has 0 aromatic heterocycles. The SMILES string of the molecule is C1=CC=CCC=1OC1=CCCCC1. The molecule has 2 aliphatic carbocycles. The fourth-order valence-corrected chi connectivity index (χ4v) is 1.57. The number of ether oxygens (including phenoxy) is 1. The van der Waals surface area contributed by atoms with Crippen LogP contribution in [0.1, 0.15) is 32.1 Å². The zero-order valence-corrected chi connectivity index (χ0v) is 7.75. The molecule has 0 amide bonds. The van der Waals surface area contributed by atoms with Crippen LogP contribution in [-0.4, -0.2) is 0 Å². The van der Waals surface area contributed by atoms with Gasteiger partial charge in [-0.25, -0.2) is 0 Å². The summed E-state index contributed by atoms with van der Waals surface area (Å²) in [5.41, 5.74) is 3.11. The predicted octanol–water partition coefficient (Wildman–Crippen LogP) is 3.46. The Balaban J connectivity index is 1.97.